The van der Waals surface area contributed by atoms with Crippen LogP contribution in [0.4, 0.5) is 0 Å². The van der Waals surface area contributed by atoms with E-state index in [1.807, 2.05) is 208 Å². The first-order chi connectivity index (χ1) is 52.5. The molecular weight excluding hydrogens is 1930 g/mol. The van der Waals surface area contributed by atoms with Crippen molar-refractivity contribution in [3.8, 4) is 101 Å². The normalized spacial score (nSPS) is 12.5. The predicted octanol–water partition coefficient (Wildman–Crippen LogP) is 21.9. The number of benzene rings is 9. The van der Waals surface area contributed by atoms with E-state index in [4.69, 9.17) is 35.0 Å². The number of aryl methyl sites for hydroxylation is 3. The van der Waals surface area contributed by atoms with Crippen LogP contribution >= 0.6 is 0 Å². The van der Waals surface area contributed by atoms with Gasteiger partial charge in [-0.3, -0.25) is 15.0 Å². The molecule has 3 radical (unpaired) electrons. The van der Waals surface area contributed by atoms with Gasteiger partial charge < -0.3 is 45.6 Å². The Kier molecular flexibility index (Phi) is 42.2. The van der Waals surface area contributed by atoms with Crippen molar-refractivity contribution in [2.75, 3.05) is 0 Å². The smallest absolute Gasteiger partial charge is 0.0873 e. The molecule has 6 atom stereocenters. The van der Waals surface area contributed by atoms with Crippen LogP contribution in [0, 0.1) is 67.6 Å². The molecule has 113 heavy (non-hydrogen) atoms. The number of rotatable bonds is 21. The molecule has 0 saturated carbocycles. The number of aliphatic hydroxyl groups is 6. The van der Waals surface area contributed by atoms with Crippen molar-refractivity contribution >= 4 is 0 Å². The van der Waals surface area contributed by atoms with Crippen LogP contribution in [0.15, 0.2) is 255 Å². The molecule has 0 fully saturated rings. The van der Waals surface area contributed by atoms with E-state index in [0.29, 0.717) is 25.2 Å². The fourth-order valence-corrected chi connectivity index (χ4v) is 11.3. The maximum atomic E-state index is 9.95. The van der Waals surface area contributed by atoms with Gasteiger partial charge in [0.1, 0.15) is 0 Å². The van der Waals surface area contributed by atoms with Gasteiger partial charge in [-0.15, -0.1) is 108 Å². The second-order valence-electron chi connectivity index (χ2n) is 31.1. The van der Waals surface area contributed by atoms with Crippen LogP contribution < -0.4 is 0 Å². The minimum Gasteiger partial charge on any atom is -0.393 e. The van der Waals surface area contributed by atoms with Crippen LogP contribution in [0.2, 0.25) is 0 Å². The van der Waals surface area contributed by atoms with Crippen molar-refractivity contribution in [1.82, 2.24) is 29.9 Å². The topological polar surface area (TPSA) is 199 Å². The molecule has 0 amide bonds. The third-order valence-electron chi connectivity index (χ3n) is 19.0. The molecule has 3 aromatic heterocycles. The Morgan fingerprint density at radius 2 is 0.619 bits per heavy atom. The molecule has 0 spiro atoms. The Hall–Kier alpha value is -8.07. The minimum atomic E-state index is -0.441. The Labute approximate surface area is 714 Å². The molecule has 0 saturated heterocycles. The van der Waals surface area contributed by atoms with E-state index in [-0.39, 0.29) is 107 Å². The quantitative estimate of drug-likeness (QED) is 0.0373. The molecule has 6 unspecified atom stereocenters. The number of hydrogen-bond acceptors (Lipinski definition) is 12. The fourth-order valence-electron chi connectivity index (χ4n) is 11.3. The van der Waals surface area contributed by atoms with Gasteiger partial charge in [-0.25, -0.2) is 0 Å². The van der Waals surface area contributed by atoms with Crippen LogP contribution in [-0.4, -0.2) is 97.2 Å². The zero-order valence-corrected chi connectivity index (χ0v) is 75.5. The summed E-state index contributed by atoms with van der Waals surface area (Å²) in [5, 5.41) is 56.7. The summed E-state index contributed by atoms with van der Waals surface area (Å²) in [5.41, 5.74) is 20.4. The fraction of sp³-hybridized carbons (Fsp3) is 0.327. The molecular formula is C98H115Ir3N6O6-3. The number of hydrogen-bond donors (Lipinski definition) is 6. The van der Waals surface area contributed by atoms with Gasteiger partial charge in [0.15, 0.2) is 0 Å². The Balaban J connectivity index is 0.000000295. The Bertz CT molecular complexity index is 4180. The van der Waals surface area contributed by atoms with E-state index in [0.717, 1.165) is 114 Å². The van der Waals surface area contributed by atoms with Crippen molar-refractivity contribution in [3.63, 3.8) is 0 Å². The second kappa shape index (κ2) is 49.0. The molecule has 0 aliphatic rings. The average molecular weight is 2050 g/mol. The maximum absolute atomic E-state index is 9.95. The Morgan fingerprint density at radius 3 is 0.858 bits per heavy atom. The van der Waals surface area contributed by atoms with Gasteiger partial charge in [0, 0.05) is 119 Å². The monoisotopic (exact) mass is 2050 g/mol. The first-order valence-electron chi connectivity index (χ1n) is 38.5. The van der Waals surface area contributed by atoms with Crippen molar-refractivity contribution in [1.29, 1.82) is 0 Å². The third kappa shape index (κ3) is 31.9. The molecule has 603 valence electrons. The molecule has 15 heteroatoms. The van der Waals surface area contributed by atoms with Crippen molar-refractivity contribution in [2.45, 2.75) is 180 Å². The third-order valence-corrected chi connectivity index (χ3v) is 19.0. The first-order valence-corrected chi connectivity index (χ1v) is 38.5. The SMILES string of the molecule is CC(C)C(O)CC(O)C(C)C.CC(C)CC(O)CC(C)O.CCC(C)(C)C(O)CC(O)C(C)(C)C.Cc1ccc(-c2cnc(-c3[c-]cccc3)c(-c3ccccc3)n2)cc1.Cc1ccc(-c2cnc(-c3[c-]cccc3)c(-c3ccccc3)n2)cc1.Cc1ccc(-c2cnc(-c3[c-]cccc3)c(-c3ccccc3)n2)cc1.[Ir].[Ir].[Ir]. The van der Waals surface area contributed by atoms with Crippen LogP contribution in [0.25, 0.3) is 101 Å². The minimum absolute atomic E-state index is 0. The van der Waals surface area contributed by atoms with E-state index < -0.39 is 12.2 Å². The molecule has 0 aliphatic carbocycles. The van der Waals surface area contributed by atoms with E-state index in [9.17, 15) is 25.5 Å². The summed E-state index contributed by atoms with van der Waals surface area (Å²) in [6.45, 7) is 32.0. The summed E-state index contributed by atoms with van der Waals surface area (Å²) in [7, 11) is 0. The summed E-state index contributed by atoms with van der Waals surface area (Å²) < 4.78 is 0. The molecule has 12 rings (SSSR count). The molecule has 6 N–H and O–H groups in total. The maximum Gasteiger partial charge on any atom is 0.0873 e. The molecule has 12 aromatic rings. The molecule has 12 nitrogen and oxygen atoms in total. The van der Waals surface area contributed by atoms with E-state index >= 15 is 0 Å². The van der Waals surface area contributed by atoms with E-state index in [2.05, 4.69) is 169 Å². The predicted molar refractivity (Wildman–Crippen MR) is 454 cm³/mol. The van der Waals surface area contributed by atoms with Crippen molar-refractivity contribution in [2.24, 2.45) is 28.6 Å². The zero-order chi connectivity index (χ0) is 79.9. The first kappa shape index (κ1) is 97.3. The van der Waals surface area contributed by atoms with Gasteiger partial charge >= 0.3 is 0 Å². The molecule has 3 heterocycles. The summed E-state index contributed by atoms with van der Waals surface area (Å²) in [4.78, 5) is 29.0. The van der Waals surface area contributed by atoms with Crippen molar-refractivity contribution < 1.29 is 91.0 Å². The molecule has 0 bridgehead atoms. The van der Waals surface area contributed by atoms with Crippen LogP contribution in [0.3, 0.4) is 0 Å². The summed E-state index contributed by atoms with van der Waals surface area (Å²) in [5.74, 6) is 0.987. The molecule has 9 aromatic carbocycles. The van der Waals surface area contributed by atoms with Gasteiger partial charge in [0.2, 0.25) is 0 Å². The largest absolute Gasteiger partial charge is 0.393 e. The zero-order valence-electron chi connectivity index (χ0n) is 68.3. The summed E-state index contributed by atoms with van der Waals surface area (Å²) in [6, 6.07) is 89.0. The van der Waals surface area contributed by atoms with E-state index in [1.165, 1.54) is 16.7 Å². The number of aromatic nitrogens is 6. The second-order valence-corrected chi connectivity index (χ2v) is 31.1. The van der Waals surface area contributed by atoms with Crippen LogP contribution in [0.1, 0.15) is 139 Å². The van der Waals surface area contributed by atoms with Gasteiger partial charge in [0.05, 0.1) is 70.8 Å². The number of nitrogens with zero attached hydrogens (tertiary/aromatic N) is 6. The Morgan fingerprint density at radius 1 is 0.327 bits per heavy atom. The standard InChI is InChI=1S/3C23H17N2.C12H26O2.C9H20O2.C8H18O2.3Ir/c3*1-17-12-14-18(15-13-17)21-16-24-22(19-8-4-2-5-9-19)23(25-21)20-10-6-3-7-11-20;1-7-12(5,6)10(14)8-9(13)11(2,3)4;1-6(2)8(10)5-9(11)7(3)4;1-6(2)4-8(10)5-7(3)9;;;/h3*2-8,10-16H,1H3;9-10,13-14H,7-8H2,1-6H3;6-11H,5H2,1-4H3;6-10H,4-5H2,1-3H3;;;/q3*-1;;;;;;. The van der Waals surface area contributed by atoms with Crippen molar-refractivity contribution in [3.05, 3.63) is 290 Å². The number of aliphatic hydroxyl groups excluding tert-OH is 6. The van der Waals surface area contributed by atoms with E-state index in [1.54, 1.807) is 6.92 Å². The summed E-state index contributed by atoms with van der Waals surface area (Å²) in [6.07, 6.45) is 6.36. The van der Waals surface area contributed by atoms with Gasteiger partial charge in [0.25, 0.3) is 0 Å². The van der Waals surface area contributed by atoms with Crippen LogP contribution in [-0.2, 0) is 60.3 Å². The van der Waals surface area contributed by atoms with Gasteiger partial charge in [-0.05, 0) is 98.7 Å². The van der Waals surface area contributed by atoms with Gasteiger partial charge in [-0.2, -0.15) is 0 Å². The van der Waals surface area contributed by atoms with Crippen LogP contribution in [0.5, 0.6) is 0 Å². The summed E-state index contributed by atoms with van der Waals surface area (Å²) >= 11 is 0. The average Bonchev–Trinajstić information content (AvgIpc) is 0.808. The van der Waals surface area contributed by atoms with Gasteiger partial charge in [-0.1, -0.05) is 264 Å². The molecule has 0 aliphatic heterocycles.